The predicted molar refractivity (Wildman–Crippen MR) is 77.7 cm³/mol. The first kappa shape index (κ1) is 15.2. The topological polar surface area (TPSA) is 83.5 Å². The van der Waals surface area contributed by atoms with Crippen molar-refractivity contribution in [3.63, 3.8) is 0 Å². The number of allylic oxidation sites excluding steroid dienone is 2. The summed E-state index contributed by atoms with van der Waals surface area (Å²) in [5.74, 6) is -0.777. The van der Waals surface area contributed by atoms with E-state index in [1.807, 2.05) is 0 Å². The van der Waals surface area contributed by atoms with E-state index in [-0.39, 0.29) is 9.09 Å². The highest BCUT2D eigenvalue weighted by molar-refractivity contribution is 7.91. The third kappa shape index (κ3) is 3.47. The number of hydrogen-bond donors (Lipinski definition) is 2. The number of sulfonamides is 1. The average molecular weight is 315 g/mol. The highest BCUT2D eigenvalue weighted by atomic mass is 32.2. The number of nitrogens with one attached hydrogen (secondary N) is 1. The molecular weight excluding hydrogens is 298 g/mol. The molecule has 0 fully saturated rings. The smallest absolute Gasteiger partial charge is 0.346 e. The minimum atomic E-state index is -3.61. The van der Waals surface area contributed by atoms with Gasteiger partial charge in [0, 0.05) is 6.54 Å². The average Bonchev–Trinajstić information content (AvgIpc) is 2.81. The Balaban J connectivity index is 2.08. The summed E-state index contributed by atoms with van der Waals surface area (Å²) in [5.41, 5.74) is 0.475. The van der Waals surface area contributed by atoms with Gasteiger partial charge in [-0.2, -0.15) is 0 Å². The van der Waals surface area contributed by atoms with Gasteiger partial charge in [0.15, 0.2) is 0 Å². The van der Waals surface area contributed by atoms with Crippen LogP contribution in [-0.4, -0.2) is 26.0 Å². The van der Waals surface area contributed by atoms with Gasteiger partial charge < -0.3 is 5.11 Å². The summed E-state index contributed by atoms with van der Waals surface area (Å²) in [7, 11) is -3.61. The standard InChI is InChI=1S/C13H17NO4S2/c1-9-7-11(19-12(9)13(15)16)20(17,18)14-8-10-5-3-2-4-6-10/h2-3,7,10,14H,4-6,8H2,1H3,(H,15,16). The summed E-state index contributed by atoms with van der Waals surface area (Å²) in [6, 6.07) is 1.41. The molecule has 1 aromatic heterocycles. The van der Waals surface area contributed by atoms with E-state index >= 15 is 0 Å². The zero-order valence-corrected chi connectivity index (χ0v) is 12.8. The molecule has 0 amide bonds. The summed E-state index contributed by atoms with van der Waals surface area (Å²) in [5, 5.41) is 8.97. The minimum Gasteiger partial charge on any atom is -0.477 e. The van der Waals surface area contributed by atoms with Crippen LogP contribution in [0.1, 0.15) is 34.5 Å². The molecular formula is C13H17NO4S2. The molecule has 0 saturated carbocycles. The lowest BCUT2D eigenvalue weighted by Gasteiger charge is -2.17. The molecule has 7 heteroatoms. The van der Waals surface area contributed by atoms with Crippen LogP contribution in [0.4, 0.5) is 0 Å². The molecule has 2 rings (SSSR count). The van der Waals surface area contributed by atoms with E-state index in [1.54, 1.807) is 6.92 Å². The third-order valence-electron chi connectivity index (χ3n) is 3.29. The molecule has 5 nitrogen and oxygen atoms in total. The zero-order chi connectivity index (χ0) is 14.8. The summed E-state index contributed by atoms with van der Waals surface area (Å²) in [4.78, 5) is 11.0. The van der Waals surface area contributed by atoms with E-state index in [0.29, 0.717) is 18.0 Å². The van der Waals surface area contributed by atoms with E-state index < -0.39 is 16.0 Å². The largest absolute Gasteiger partial charge is 0.477 e. The third-order valence-corrected chi connectivity index (χ3v) is 6.42. The fraction of sp³-hybridized carbons (Fsp3) is 0.462. The fourth-order valence-electron chi connectivity index (χ4n) is 2.14. The van der Waals surface area contributed by atoms with Gasteiger partial charge in [0.05, 0.1) is 0 Å². The molecule has 1 aliphatic carbocycles. The number of aromatic carboxylic acids is 1. The molecule has 1 unspecified atom stereocenters. The van der Waals surface area contributed by atoms with Crippen LogP contribution in [0.3, 0.4) is 0 Å². The fourth-order valence-corrected chi connectivity index (χ4v) is 4.68. The molecule has 2 N–H and O–H groups in total. The monoisotopic (exact) mass is 315 g/mol. The molecule has 0 aliphatic heterocycles. The lowest BCUT2D eigenvalue weighted by atomic mass is 9.95. The lowest BCUT2D eigenvalue weighted by molar-refractivity contribution is 0.0701. The molecule has 1 aromatic rings. The number of carbonyl (C=O) groups is 1. The van der Waals surface area contributed by atoms with Crippen molar-refractivity contribution in [3.8, 4) is 0 Å². The summed E-state index contributed by atoms with van der Waals surface area (Å²) in [6.45, 7) is 2.00. The van der Waals surface area contributed by atoms with Crippen molar-refractivity contribution in [2.24, 2.45) is 5.92 Å². The Morgan fingerprint density at radius 2 is 2.25 bits per heavy atom. The van der Waals surface area contributed by atoms with Crippen LogP contribution >= 0.6 is 11.3 Å². The van der Waals surface area contributed by atoms with Gasteiger partial charge in [-0.05, 0) is 43.7 Å². The van der Waals surface area contributed by atoms with Crippen molar-refractivity contribution in [3.05, 3.63) is 28.7 Å². The van der Waals surface area contributed by atoms with E-state index in [0.717, 1.165) is 30.6 Å². The van der Waals surface area contributed by atoms with Crippen molar-refractivity contribution in [1.82, 2.24) is 4.72 Å². The van der Waals surface area contributed by atoms with Crippen molar-refractivity contribution in [2.45, 2.75) is 30.4 Å². The van der Waals surface area contributed by atoms with E-state index in [1.165, 1.54) is 6.07 Å². The number of aryl methyl sites for hydroxylation is 1. The van der Waals surface area contributed by atoms with E-state index in [9.17, 15) is 13.2 Å². The molecule has 1 atom stereocenters. The Bertz CT molecular complexity index is 631. The molecule has 0 spiro atoms. The first-order chi connectivity index (χ1) is 9.40. The van der Waals surface area contributed by atoms with Gasteiger partial charge in [-0.3, -0.25) is 0 Å². The predicted octanol–water partition coefficient (Wildman–Crippen LogP) is 2.39. The van der Waals surface area contributed by atoms with Gasteiger partial charge in [0.1, 0.15) is 9.09 Å². The number of carboxylic acids is 1. The van der Waals surface area contributed by atoms with Gasteiger partial charge in [0.2, 0.25) is 10.0 Å². The Kier molecular flexibility index (Phi) is 4.62. The van der Waals surface area contributed by atoms with Crippen LogP contribution in [0, 0.1) is 12.8 Å². The highest BCUT2D eigenvalue weighted by Crippen LogP contribution is 2.26. The molecule has 1 heterocycles. The molecule has 110 valence electrons. The van der Waals surface area contributed by atoms with Crippen molar-refractivity contribution < 1.29 is 18.3 Å². The zero-order valence-electron chi connectivity index (χ0n) is 11.1. The van der Waals surface area contributed by atoms with Crippen LogP contribution in [-0.2, 0) is 10.0 Å². The SMILES string of the molecule is Cc1cc(S(=O)(=O)NCC2CC=CCC2)sc1C(=O)O. The van der Waals surface area contributed by atoms with Crippen molar-refractivity contribution >= 4 is 27.3 Å². The van der Waals surface area contributed by atoms with Crippen LogP contribution in [0.2, 0.25) is 0 Å². The maximum absolute atomic E-state index is 12.2. The maximum atomic E-state index is 12.2. The Morgan fingerprint density at radius 3 is 2.80 bits per heavy atom. The van der Waals surface area contributed by atoms with Gasteiger partial charge in [-0.25, -0.2) is 17.9 Å². The molecule has 0 radical (unpaired) electrons. The van der Waals surface area contributed by atoms with Gasteiger partial charge >= 0.3 is 5.97 Å². The number of thiophene rings is 1. The molecule has 0 bridgehead atoms. The summed E-state index contributed by atoms with van der Waals surface area (Å²) in [6.07, 6.45) is 7.01. The molecule has 0 saturated heterocycles. The van der Waals surface area contributed by atoms with Gasteiger partial charge in [0.25, 0.3) is 0 Å². The van der Waals surface area contributed by atoms with E-state index in [4.69, 9.17) is 5.11 Å². The second-order valence-corrected chi connectivity index (χ2v) is 7.93. The number of hydrogen-bond acceptors (Lipinski definition) is 4. The Hall–Kier alpha value is -1.18. The first-order valence-electron chi connectivity index (χ1n) is 6.38. The van der Waals surface area contributed by atoms with Gasteiger partial charge in [-0.1, -0.05) is 12.2 Å². The number of rotatable bonds is 5. The van der Waals surface area contributed by atoms with E-state index in [2.05, 4.69) is 16.9 Å². The second kappa shape index (κ2) is 6.07. The number of carboxylic acid groups (broad SMARTS) is 1. The quantitative estimate of drug-likeness (QED) is 0.817. The van der Waals surface area contributed by atoms with Crippen LogP contribution in [0.15, 0.2) is 22.4 Å². The van der Waals surface area contributed by atoms with Crippen LogP contribution < -0.4 is 4.72 Å². The minimum absolute atomic E-state index is 0.0683. The molecule has 1 aliphatic rings. The van der Waals surface area contributed by atoms with Crippen molar-refractivity contribution in [2.75, 3.05) is 6.54 Å². The highest BCUT2D eigenvalue weighted by Gasteiger charge is 2.22. The summed E-state index contributed by atoms with van der Waals surface area (Å²) >= 11 is 0.797. The second-order valence-electron chi connectivity index (χ2n) is 4.89. The van der Waals surface area contributed by atoms with Crippen LogP contribution in [0.25, 0.3) is 0 Å². The molecule has 20 heavy (non-hydrogen) atoms. The first-order valence-corrected chi connectivity index (χ1v) is 8.68. The van der Waals surface area contributed by atoms with Crippen LogP contribution in [0.5, 0.6) is 0 Å². The maximum Gasteiger partial charge on any atom is 0.346 e. The Morgan fingerprint density at radius 1 is 1.50 bits per heavy atom. The molecule has 0 aromatic carbocycles. The lowest BCUT2D eigenvalue weighted by Crippen LogP contribution is -2.29. The van der Waals surface area contributed by atoms with Crippen molar-refractivity contribution in [1.29, 1.82) is 0 Å². The van der Waals surface area contributed by atoms with Gasteiger partial charge in [-0.15, -0.1) is 11.3 Å². The summed E-state index contributed by atoms with van der Waals surface area (Å²) < 4.78 is 27.0. The Labute approximate surface area is 122 Å². The normalized spacial score (nSPS) is 19.1.